The minimum absolute atomic E-state index is 0.0924. The predicted octanol–water partition coefficient (Wildman–Crippen LogP) is 1.60. The molecule has 0 aliphatic carbocycles. The maximum atomic E-state index is 12.2. The van der Waals surface area contributed by atoms with Gasteiger partial charge in [0.2, 0.25) is 0 Å². The average molecular weight is 223 g/mol. The minimum Gasteiger partial charge on any atom is -0.304 e. The second-order valence-electron chi connectivity index (χ2n) is 3.86. The minimum atomic E-state index is -4.41. The lowest BCUT2D eigenvalue weighted by atomic mass is 9.90. The molecule has 0 saturated heterocycles. The molecule has 1 aromatic rings. The Bertz CT molecular complexity index is 332. The van der Waals surface area contributed by atoms with Gasteiger partial charge in [-0.2, -0.15) is 18.3 Å². The molecule has 0 aromatic carbocycles. The first kappa shape index (κ1) is 12.0. The van der Waals surface area contributed by atoms with Crippen molar-refractivity contribution in [2.24, 2.45) is 5.90 Å². The molecular formula is C8H12F3N3O. The molecular weight excluding hydrogens is 211 g/mol. The Balaban J connectivity index is 2.94. The highest BCUT2D eigenvalue weighted by Gasteiger charge is 2.35. The summed E-state index contributed by atoms with van der Waals surface area (Å²) in [5.41, 5.74) is -1.27. The number of alkyl halides is 3. The van der Waals surface area contributed by atoms with Gasteiger partial charge in [0, 0.05) is 5.41 Å². The zero-order valence-electron chi connectivity index (χ0n) is 8.35. The molecule has 0 spiro atoms. The summed E-state index contributed by atoms with van der Waals surface area (Å²) in [5.74, 6) is 4.88. The number of aromatic amines is 1. The molecule has 0 saturated carbocycles. The summed E-state index contributed by atoms with van der Waals surface area (Å²) in [6.45, 7) is 3.47. The maximum absolute atomic E-state index is 12.2. The first-order valence-corrected chi connectivity index (χ1v) is 4.22. The highest BCUT2D eigenvalue weighted by atomic mass is 19.4. The van der Waals surface area contributed by atoms with Crippen molar-refractivity contribution in [3.8, 4) is 0 Å². The predicted molar refractivity (Wildman–Crippen MR) is 46.8 cm³/mol. The van der Waals surface area contributed by atoms with Gasteiger partial charge >= 0.3 is 6.18 Å². The third kappa shape index (κ3) is 2.69. The summed E-state index contributed by atoms with van der Waals surface area (Å²) in [4.78, 5) is 4.42. The second kappa shape index (κ2) is 3.82. The summed E-state index contributed by atoms with van der Waals surface area (Å²) >= 11 is 0. The van der Waals surface area contributed by atoms with Gasteiger partial charge in [0.05, 0.1) is 12.3 Å². The molecule has 86 valence electrons. The number of halogens is 3. The van der Waals surface area contributed by atoms with Gasteiger partial charge < -0.3 is 4.84 Å². The van der Waals surface area contributed by atoms with Crippen molar-refractivity contribution in [3.63, 3.8) is 0 Å². The molecule has 7 heteroatoms. The monoisotopic (exact) mass is 223 g/mol. The fourth-order valence-corrected chi connectivity index (χ4v) is 1.10. The van der Waals surface area contributed by atoms with Crippen LogP contribution in [0.4, 0.5) is 13.2 Å². The van der Waals surface area contributed by atoms with Crippen molar-refractivity contribution in [1.29, 1.82) is 0 Å². The molecule has 0 aliphatic rings. The molecule has 0 aliphatic heterocycles. The Morgan fingerprint density at radius 3 is 2.47 bits per heavy atom. The van der Waals surface area contributed by atoms with Crippen LogP contribution in [0.15, 0.2) is 6.07 Å². The van der Waals surface area contributed by atoms with Crippen molar-refractivity contribution in [2.45, 2.75) is 25.4 Å². The summed E-state index contributed by atoms with van der Waals surface area (Å²) in [6.07, 6.45) is -4.41. The molecule has 0 bridgehead atoms. The van der Waals surface area contributed by atoms with Crippen molar-refractivity contribution in [3.05, 3.63) is 17.5 Å². The van der Waals surface area contributed by atoms with Crippen LogP contribution in [0.1, 0.15) is 25.2 Å². The fraction of sp³-hybridized carbons (Fsp3) is 0.625. The van der Waals surface area contributed by atoms with E-state index in [9.17, 15) is 13.2 Å². The zero-order chi connectivity index (χ0) is 11.7. The lowest BCUT2D eigenvalue weighted by Gasteiger charge is -2.19. The van der Waals surface area contributed by atoms with Crippen LogP contribution >= 0.6 is 0 Å². The number of nitrogens with zero attached hydrogens (tertiary/aromatic N) is 1. The van der Waals surface area contributed by atoms with Crippen LogP contribution in [0, 0.1) is 0 Å². The molecule has 0 unspecified atom stereocenters. The van der Waals surface area contributed by atoms with Crippen LogP contribution in [-0.2, 0) is 16.4 Å². The molecule has 1 heterocycles. The Hall–Kier alpha value is -1.08. The van der Waals surface area contributed by atoms with E-state index >= 15 is 0 Å². The topological polar surface area (TPSA) is 63.9 Å². The highest BCUT2D eigenvalue weighted by Crippen LogP contribution is 2.30. The number of rotatable bonds is 3. The van der Waals surface area contributed by atoms with E-state index in [0.29, 0.717) is 0 Å². The summed E-state index contributed by atoms with van der Waals surface area (Å²) < 4.78 is 36.7. The smallest absolute Gasteiger partial charge is 0.304 e. The molecule has 4 nitrogen and oxygen atoms in total. The van der Waals surface area contributed by atoms with E-state index in [1.165, 1.54) is 0 Å². The van der Waals surface area contributed by atoms with Crippen LogP contribution < -0.4 is 5.90 Å². The number of nitrogens with one attached hydrogen (secondary N) is 1. The Morgan fingerprint density at radius 2 is 2.07 bits per heavy atom. The second-order valence-corrected chi connectivity index (χ2v) is 3.86. The van der Waals surface area contributed by atoms with Gasteiger partial charge in [-0.25, -0.2) is 5.90 Å². The number of H-pyrrole nitrogens is 1. The molecule has 0 atom stereocenters. The van der Waals surface area contributed by atoms with E-state index in [0.717, 1.165) is 6.07 Å². The Labute approximate surface area is 84.6 Å². The average Bonchev–Trinajstić information content (AvgIpc) is 2.50. The van der Waals surface area contributed by atoms with E-state index in [1.54, 1.807) is 13.8 Å². The summed E-state index contributed by atoms with van der Waals surface area (Å²) in [6, 6.07) is 0.957. The standard InChI is InChI=1S/C8H12F3N3O/c1-7(2,4-15-12)5-3-6(14-13-5)8(9,10)11/h3H,4,12H2,1-2H3,(H,13,14). The third-order valence-electron chi connectivity index (χ3n) is 2.02. The first-order chi connectivity index (χ1) is 6.77. The molecule has 1 aromatic heterocycles. The number of nitrogens with two attached hydrogens (primary N) is 1. The number of hydrogen-bond donors (Lipinski definition) is 2. The van der Waals surface area contributed by atoms with Crippen molar-refractivity contribution in [1.82, 2.24) is 10.2 Å². The van der Waals surface area contributed by atoms with Crippen LogP contribution in [0.3, 0.4) is 0 Å². The third-order valence-corrected chi connectivity index (χ3v) is 2.02. The van der Waals surface area contributed by atoms with Crippen LogP contribution in [0.2, 0.25) is 0 Å². The van der Waals surface area contributed by atoms with E-state index < -0.39 is 17.3 Å². The highest BCUT2D eigenvalue weighted by molar-refractivity contribution is 5.19. The van der Waals surface area contributed by atoms with Crippen molar-refractivity contribution in [2.75, 3.05) is 6.61 Å². The van der Waals surface area contributed by atoms with E-state index in [-0.39, 0.29) is 12.3 Å². The Morgan fingerprint density at radius 1 is 1.47 bits per heavy atom. The molecule has 1 rings (SSSR count). The normalized spacial score (nSPS) is 13.2. The van der Waals surface area contributed by atoms with Gasteiger partial charge in [0.25, 0.3) is 0 Å². The quantitative estimate of drug-likeness (QED) is 0.765. The lowest BCUT2D eigenvalue weighted by Crippen LogP contribution is -2.26. The number of hydrogen-bond acceptors (Lipinski definition) is 3. The molecule has 0 fully saturated rings. The fourth-order valence-electron chi connectivity index (χ4n) is 1.10. The molecule has 15 heavy (non-hydrogen) atoms. The van der Waals surface area contributed by atoms with E-state index in [1.807, 2.05) is 5.10 Å². The van der Waals surface area contributed by atoms with E-state index in [2.05, 4.69) is 9.94 Å². The SMILES string of the molecule is CC(C)(CON)c1cc(C(F)(F)F)[nH]n1. The molecule has 0 radical (unpaired) electrons. The molecule has 3 N–H and O–H groups in total. The Kier molecular flexibility index (Phi) is 3.05. The van der Waals surface area contributed by atoms with Gasteiger partial charge in [0.15, 0.2) is 0 Å². The summed E-state index contributed by atoms with van der Waals surface area (Å²) in [5, 5.41) is 5.53. The van der Waals surface area contributed by atoms with Crippen LogP contribution in [0.25, 0.3) is 0 Å². The van der Waals surface area contributed by atoms with Gasteiger partial charge in [-0.05, 0) is 6.07 Å². The number of aromatic nitrogens is 2. The largest absolute Gasteiger partial charge is 0.432 e. The van der Waals surface area contributed by atoms with Gasteiger partial charge in [0.1, 0.15) is 5.69 Å². The van der Waals surface area contributed by atoms with E-state index in [4.69, 9.17) is 5.90 Å². The maximum Gasteiger partial charge on any atom is 0.432 e. The van der Waals surface area contributed by atoms with Crippen molar-refractivity contribution >= 4 is 0 Å². The zero-order valence-corrected chi connectivity index (χ0v) is 8.35. The van der Waals surface area contributed by atoms with Crippen molar-refractivity contribution < 1.29 is 18.0 Å². The lowest BCUT2D eigenvalue weighted by molar-refractivity contribution is -0.141. The van der Waals surface area contributed by atoms with Gasteiger partial charge in [-0.1, -0.05) is 13.8 Å². The van der Waals surface area contributed by atoms with Crippen LogP contribution in [0.5, 0.6) is 0 Å². The first-order valence-electron chi connectivity index (χ1n) is 4.22. The van der Waals surface area contributed by atoms with Gasteiger partial charge in [-0.3, -0.25) is 5.10 Å². The summed E-state index contributed by atoms with van der Waals surface area (Å²) in [7, 11) is 0. The van der Waals surface area contributed by atoms with Gasteiger partial charge in [-0.15, -0.1) is 0 Å². The van der Waals surface area contributed by atoms with Crippen LogP contribution in [-0.4, -0.2) is 16.8 Å². The molecule has 0 amide bonds.